The lowest BCUT2D eigenvalue weighted by Gasteiger charge is -2.11. The van der Waals surface area contributed by atoms with Gasteiger partial charge in [-0.3, -0.25) is 0 Å². The van der Waals surface area contributed by atoms with Crippen molar-refractivity contribution in [2.24, 2.45) is 10.8 Å². The van der Waals surface area contributed by atoms with Crippen LogP contribution in [0.25, 0.3) is 0 Å². The fourth-order valence-corrected chi connectivity index (χ4v) is 2.86. The molecule has 2 rings (SSSR count). The summed E-state index contributed by atoms with van der Waals surface area (Å²) in [6.07, 6.45) is 0. The number of nitrogens with one attached hydrogen (secondary N) is 1. The molecule has 0 aromatic heterocycles. The summed E-state index contributed by atoms with van der Waals surface area (Å²) >= 11 is 0. The summed E-state index contributed by atoms with van der Waals surface area (Å²) in [7, 11) is 0. The molecule has 0 unspecified atom stereocenters. The van der Waals surface area contributed by atoms with Crippen LogP contribution in [0.1, 0.15) is 40.2 Å². The molecule has 1 fully saturated rings. The lowest BCUT2D eigenvalue weighted by atomic mass is 10.0. The number of rotatable bonds is 5. The third-order valence-corrected chi connectivity index (χ3v) is 4.79. The van der Waals surface area contributed by atoms with E-state index in [4.69, 9.17) is 4.74 Å². The Labute approximate surface area is 111 Å². The van der Waals surface area contributed by atoms with Crippen LogP contribution < -0.4 is 10.1 Å². The maximum Gasteiger partial charge on any atom is 0.123 e. The number of hydrogen-bond donors (Lipinski definition) is 1. The topological polar surface area (TPSA) is 21.3 Å². The normalized spacial score (nSPS) is 20.7. The molecule has 0 heterocycles. The average Bonchev–Trinajstić information content (AvgIpc) is 2.69. The van der Waals surface area contributed by atoms with E-state index < -0.39 is 0 Å². The molecule has 1 aromatic rings. The second-order valence-electron chi connectivity index (χ2n) is 6.30. The highest BCUT2D eigenvalue weighted by atomic mass is 16.5. The van der Waals surface area contributed by atoms with Crippen molar-refractivity contribution in [3.8, 4) is 5.75 Å². The maximum atomic E-state index is 5.65. The van der Waals surface area contributed by atoms with Crippen LogP contribution in [0.5, 0.6) is 5.75 Å². The molecular formula is C16H25NO. The van der Waals surface area contributed by atoms with Gasteiger partial charge in [-0.05, 0) is 23.8 Å². The first-order chi connectivity index (χ1) is 8.41. The van der Waals surface area contributed by atoms with Crippen LogP contribution in [0.3, 0.4) is 0 Å². The van der Waals surface area contributed by atoms with E-state index in [0.29, 0.717) is 16.9 Å². The van der Waals surface area contributed by atoms with E-state index in [1.54, 1.807) is 0 Å². The fraction of sp³-hybridized carbons (Fsp3) is 0.625. The van der Waals surface area contributed by atoms with Crippen molar-refractivity contribution in [2.75, 3.05) is 6.61 Å². The van der Waals surface area contributed by atoms with Crippen molar-refractivity contribution in [3.05, 3.63) is 29.8 Å². The largest absolute Gasteiger partial charge is 0.494 e. The quantitative estimate of drug-likeness (QED) is 0.858. The Morgan fingerprint density at radius 2 is 1.72 bits per heavy atom. The second-order valence-corrected chi connectivity index (χ2v) is 6.30. The van der Waals surface area contributed by atoms with E-state index in [1.165, 1.54) is 5.56 Å². The van der Waals surface area contributed by atoms with Gasteiger partial charge in [0, 0.05) is 18.2 Å². The van der Waals surface area contributed by atoms with Gasteiger partial charge in [-0.2, -0.15) is 0 Å². The molecule has 0 atom stereocenters. The Bertz CT molecular complexity index is 409. The van der Waals surface area contributed by atoms with Gasteiger partial charge < -0.3 is 10.1 Å². The zero-order valence-electron chi connectivity index (χ0n) is 12.2. The molecule has 2 heteroatoms. The summed E-state index contributed by atoms with van der Waals surface area (Å²) in [6, 6.07) is 8.87. The summed E-state index contributed by atoms with van der Waals surface area (Å²) in [5.74, 6) is 1.00. The minimum Gasteiger partial charge on any atom is -0.494 e. The van der Waals surface area contributed by atoms with Crippen LogP contribution in [-0.4, -0.2) is 12.6 Å². The molecule has 1 aliphatic rings. The highest BCUT2D eigenvalue weighted by Crippen LogP contribution is 2.62. The molecular weight excluding hydrogens is 222 g/mol. The highest BCUT2D eigenvalue weighted by Gasteiger charge is 2.64. The van der Waals surface area contributed by atoms with E-state index in [9.17, 15) is 0 Å². The molecule has 1 aliphatic carbocycles. The van der Waals surface area contributed by atoms with Gasteiger partial charge in [0.15, 0.2) is 0 Å². The monoisotopic (exact) mass is 247 g/mol. The summed E-state index contributed by atoms with van der Waals surface area (Å²) < 4.78 is 5.65. The minimum atomic E-state index is 0.382. The first-order valence-electron chi connectivity index (χ1n) is 6.85. The molecule has 100 valence electrons. The molecule has 0 bridgehead atoms. The molecule has 1 N–H and O–H groups in total. The number of ether oxygens (including phenoxy) is 1. The van der Waals surface area contributed by atoms with Crippen molar-refractivity contribution in [1.82, 2.24) is 5.32 Å². The van der Waals surface area contributed by atoms with Crippen LogP contribution >= 0.6 is 0 Å². The maximum absolute atomic E-state index is 5.65. The van der Waals surface area contributed by atoms with Crippen LogP contribution in [0.4, 0.5) is 0 Å². The third kappa shape index (κ3) is 2.14. The molecule has 0 amide bonds. The second kappa shape index (κ2) is 4.58. The molecule has 1 aromatic carbocycles. The van der Waals surface area contributed by atoms with E-state index in [0.717, 1.165) is 18.9 Å². The third-order valence-electron chi connectivity index (χ3n) is 4.79. The molecule has 2 nitrogen and oxygen atoms in total. The van der Waals surface area contributed by atoms with Crippen LogP contribution in [0, 0.1) is 10.8 Å². The van der Waals surface area contributed by atoms with E-state index in [-0.39, 0.29) is 0 Å². The highest BCUT2D eigenvalue weighted by molar-refractivity contribution is 5.33. The Morgan fingerprint density at radius 3 is 2.28 bits per heavy atom. The Morgan fingerprint density at radius 1 is 1.11 bits per heavy atom. The standard InChI is InChI=1S/C16H25NO/c1-6-18-13-10-8-7-9-12(13)11-17-14-15(2,3)16(14,4)5/h7-10,14,17H,6,11H2,1-5H3. The zero-order valence-corrected chi connectivity index (χ0v) is 12.2. The van der Waals surface area contributed by atoms with Gasteiger partial charge in [0.2, 0.25) is 0 Å². The summed E-state index contributed by atoms with van der Waals surface area (Å²) in [6.45, 7) is 13.0. The Kier molecular flexibility index (Phi) is 3.41. The molecule has 0 spiro atoms. The summed E-state index contributed by atoms with van der Waals surface area (Å²) in [5.41, 5.74) is 2.01. The summed E-state index contributed by atoms with van der Waals surface area (Å²) in [5, 5.41) is 3.67. The smallest absolute Gasteiger partial charge is 0.123 e. The molecule has 0 saturated heterocycles. The van der Waals surface area contributed by atoms with Gasteiger partial charge in [0.05, 0.1) is 6.61 Å². The van der Waals surface area contributed by atoms with E-state index in [2.05, 4.69) is 45.1 Å². The lowest BCUT2D eigenvalue weighted by molar-refractivity contribution is 0.335. The van der Waals surface area contributed by atoms with Crippen molar-refractivity contribution >= 4 is 0 Å². The van der Waals surface area contributed by atoms with Crippen LogP contribution in [0.15, 0.2) is 24.3 Å². The van der Waals surface area contributed by atoms with Gasteiger partial charge in [-0.25, -0.2) is 0 Å². The molecule has 18 heavy (non-hydrogen) atoms. The van der Waals surface area contributed by atoms with Crippen molar-refractivity contribution < 1.29 is 4.74 Å². The summed E-state index contributed by atoms with van der Waals surface area (Å²) in [4.78, 5) is 0. The van der Waals surface area contributed by atoms with Gasteiger partial charge in [-0.15, -0.1) is 0 Å². The molecule has 0 radical (unpaired) electrons. The minimum absolute atomic E-state index is 0.382. The first kappa shape index (κ1) is 13.4. The zero-order chi connectivity index (χ0) is 13.4. The SMILES string of the molecule is CCOc1ccccc1CNC1C(C)(C)C1(C)C. The average molecular weight is 247 g/mol. The van der Waals surface area contributed by atoms with E-state index in [1.807, 2.05) is 19.1 Å². The lowest BCUT2D eigenvalue weighted by Crippen LogP contribution is -2.22. The number of benzene rings is 1. The number of para-hydroxylation sites is 1. The Balaban J connectivity index is 2.00. The van der Waals surface area contributed by atoms with Crippen molar-refractivity contribution in [2.45, 2.75) is 47.2 Å². The predicted octanol–water partition coefficient (Wildman–Crippen LogP) is 3.61. The fourth-order valence-electron chi connectivity index (χ4n) is 2.86. The number of hydrogen-bond acceptors (Lipinski definition) is 2. The van der Waals surface area contributed by atoms with Gasteiger partial charge in [0.1, 0.15) is 5.75 Å². The van der Waals surface area contributed by atoms with Crippen molar-refractivity contribution in [1.29, 1.82) is 0 Å². The van der Waals surface area contributed by atoms with Gasteiger partial charge >= 0.3 is 0 Å². The predicted molar refractivity (Wildman–Crippen MR) is 75.8 cm³/mol. The van der Waals surface area contributed by atoms with Crippen LogP contribution in [0.2, 0.25) is 0 Å². The first-order valence-corrected chi connectivity index (χ1v) is 6.85. The van der Waals surface area contributed by atoms with Gasteiger partial charge in [0.25, 0.3) is 0 Å². The molecule has 0 aliphatic heterocycles. The van der Waals surface area contributed by atoms with Crippen LogP contribution in [-0.2, 0) is 6.54 Å². The van der Waals surface area contributed by atoms with Gasteiger partial charge in [-0.1, -0.05) is 45.9 Å². The molecule has 1 saturated carbocycles. The van der Waals surface area contributed by atoms with E-state index >= 15 is 0 Å². The Hall–Kier alpha value is -1.02. The van der Waals surface area contributed by atoms with Crippen molar-refractivity contribution in [3.63, 3.8) is 0 Å².